The molecular weight excluding hydrogens is 280 g/mol. The largest absolute Gasteiger partial charge is 0.739 e. The predicted molar refractivity (Wildman–Crippen MR) is 70.4 cm³/mol. The molecular formula is C12H12N4O5. The number of aliphatic carboxylic acids is 1. The Hall–Kier alpha value is -2.97. The second-order valence-electron chi connectivity index (χ2n) is 4.32. The first-order chi connectivity index (χ1) is 9.90. The van der Waals surface area contributed by atoms with Crippen LogP contribution in [0.3, 0.4) is 0 Å². The van der Waals surface area contributed by atoms with E-state index in [-0.39, 0.29) is 40.6 Å². The van der Waals surface area contributed by atoms with Crippen molar-refractivity contribution < 1.29 is 24.3 Å². The Kier molecular flexibility index (Phi) is 3.83. The van der Waals surface area contributed by atoms with Crippen molar-refractivity contribution in [3.05, 3.63) is 34.2 Å². The summed E-state index contributed by atoms with van der Waals surface area (Å²) in [6.07, 6.45) is -0.220. The number of fused-ring (bicyclic) bond motifs is 1. The summed E-state index contributed by atoms with van der Waals surface area (Å²) in [5, 5.41) is 38.4. The molecule has 0 unspecified atom stereocenters. The molecule has 0 aliphatic heterocycles. The number of carbonyl (C=O) groups excluding carboxylic acids is 1. The lowest BCUT2D eigenvalue weighted by Gasteiger charge is -2.10. The summed E-state index contributed by atoms with van der Waals surface area (Å²) >= 11 is 0. The minimum Gasteiger partial charge on any atom is -0.739 e. The van der Waals surface area contributed by atoms with Gasteiger partial charge in [0.05, 0.1) is 13.0 Å². The lowest BCUT2D eigenvalue weighted by Crippen LogP contribution is -2.44. The van der Waals surface area contributed by atoms with E-state index in [4.69, 9.17) is 5.11 Å². The highest BCUT2D eigenvalue weighted by Crippen LogP contribution is 2.10. The maximum atomic E-state index is 12.0. The standard InChI is InChI=1S/C12H12N4O5/c1-7(17)8-2-3-9-10(6-8)16(21)14-12(15(9)20)13-5-4-11(18)19/h2-3,6H,4-5H2,1H3,(H,13,14)(H,18,19). The Morgan fingerprint density at radius 2 is 2.05 bits per heavy atom. The molecule has 0 fully saturated rings. The van der Waals surface area contributed by atoms with Crippen LogP contribution in [0.2, 0.25) is 0 Å². The fourth-order valence-corrected chi connectivity index (χ4v) is 1.75. The third-order valence-corrected chi connectivity index (χ3v) is 2.81. The monoisotopic (exact) mass is 292 g/mol. The van der Waals surface area contributed by atoms with Crippen LogP contribution < -0.4 is 14.9 Å². The molecule has 2 N–H and O–H groups in total. The molecule has 0 spiro atoms. The lowest BCUT2D eigenvalue weighted by atomic mass is 10.1. The third kappa shape index (κ3) is 2.96. The number of hydrogen-bond acceptors (Lipinski definition) is 6. The highest BCUT2D eigenvalue weighted by Gasteiger charge is 2.21. The molecule has 0 atom stereocenters. The third-order valence-electron chi connectivity index (χ3n) is 2.81. The predicted octanol–water partition coefficient (Wildman–Crippen LogP) is -0.409. The van der Waals surface area contributed by atoms with Crippen molar-refractivity contribution in [2.45, 2.75) is 13.3 Å². The molecule has 0 aliphatic rings. The van der Waals surface area contributed by atoms with Crippen molar-refractivity contribution in [2.24, 2.45) is 0 Å². The highest BCUT2D eigenvalue weighted by molar-refractivity contribution is 5.96. The van der Waals surface area contributed by atoms with Crippen LogP contribution in [-0.2, 0) is 4.79 Å². The first kappa shape index (κ1) is 14.4. The zero-order chi connectivity index (χ0) is 15.6. The molecule has 1 aromatic carbocycles. The van der Waals surface area contributed by atoms with Crippen molar-refractivity contribution in [2.75, 3.05) is 11.9 Å². The van der Waals surface area contributed by atoms with Crippen LogP contribution in [-0.4, -0.2) is 28.5 Å². The van der Waals surface area contributed by atoms with Gasteiger partial charge in [0.15, 0.2) is 11.3 Å². The van der Waals surface area contributed by atoms with Crippen LogP contribution in [0.25, 0.3) is 11.0 Å². The van der Waals surface area contributed by atoms with Crippen LogP contribution in [0.5, 0.6) is 0 Å². The Bertz CT molecular complexity index is 731. The number of carboxylic acid groups (broad SMARTS) is 1. The molecule has 1 aromatic heterocycles. The number of aromatic nitrogens is 3. The van der Waals surface area contributed by atoms with Crippen LogP contribution in [0.1, 0.15) is 23.7 Å². The van der Waals surface area contributed by atoms with E-state index >= 15 is 0 Å². The summed E-state index contributed by atoms with van der Waals surface area (Å²) in [6.45, 7) is 1.30. The van der Waals surface area contributed by atoms with Gasteiger partial charge in [-0.3, -0.25) is 14.9 Å². The van der Waals surface area contributed by atoms with Gasteiger partial charge >= 0.3 is 11.9 Å². The Morgan fingerprint density at radius 1 is 1.33 bits per heavy atom. The molecule has 9 heteroatoms. The van der Waals surface area contributed by atoms with Crippen molar-refractivity contribution >= 4 is 28.7 Å². The van der Waals surface area contributed by atoms with E-state index in [2.05, 4.69) is 10.4 Å². The molecule has 9 nitrogen and oxygen atoms in total. The van der Waals surface area contributed by atoms with E-state index in [1.54, 1.807) is 0 Å². The van der Waals surface area contributed by atoms with Gasteiger partial charge in [0.25, 0.3) is 5.52 Å². The van der Waals surface area contributed by atoms with Gasteiger partial charge in [0.2, 0.25) is 5.10 Å². The topological polar surface area (TPSA) is 133 Å². The smallest absolute Gasteiger partial charge is 0.460 e. The number of hydrogen-bond donors (Lipinski definition) is 2. The quantitative estimate of drug-likeness (QED) is 0.434. The van der Waals surface area contributed by atoms with Crippen molar-refractivity contribution in [1.82, 2.24) is 5.10 Å². The van der Waals surface area contributed by atoms with Gasteiger partial charge in [-0.15, -0.1) is 0 Å². The minimum atomic E-state index is -1.04. The van der Waals surface area contributed by atoms with Crippen molar-refractivity contribution in [3.8, 4) is 0 Å². The molecule has 0 saturated carbocycles. The maximum Gasteiger partial charge on any atom is 0.460 e. The molecule has 0 saturated heterocycles. The van der Waals surface area contributed by atoms with Gasteiger partial charge in [0, 0.05) is 16.5 Å². The Balaban J connectivity index is 2.42. The second-order valence-corrected chi connectivity index (χ2v) is 4.32. The van der Waals surface area contributed by atoms with Crippen molar-refractivity contribution in [1.29, 1.82) is 0 Å². The van der Waals surface area contributed by atoms with E-state index < -0.39 is 5.97 Å². The number of Topliss-reactive ketones (excluding diaryl/α,β-unsaturated/α-hetero) is 1. The minimum absolute atomic E-state index is 0.0304. The van der Waals surface area contributed by atoms with E-state index in [0.29, 0.717) is 10.3 Å². The molecule has 110 valence electrons. The van der Waals surface area contributed by atoms with Gasteiger partial charge in [0.1, 0.15) is 0 Å². The zero-order valence-electron chi connectivity index (χ0n) is 11.1. The van der Waals surface area contributed by atoms with E-state index in [9.17, 15) is 20.0 Å². The van der Waals surface area contributed by atoms with Crippen molar-refractivity contribution in [3.63, 3.8) is 0 Å². The number of carboxylic acids is 1. The first-order valence-electron chi connectivity index (χ1n) is 6.04. The summed E-state index contributed by atoms with van der Waals surface area (Å²) in [4.78, 5) is 21.9. The average Bonchev–Trinajstić information content (AvgIpc) is 2.43. The molecule has 2 aromatic rings. The van der Waals surface area contributed by atoms with E-state index in [1.807, 2.05) is 0 Å². The number of anilines is 1. The highest BCUT2D eigenvalue weighted by atomic mass is 16.5. The molecule has 0 amide bonds. The summed E-state index contributed by atoms with van der Waals surface area (Å²) < 4.78 is 0.384. The normalized spacial score (nSPS) is 10.5. The number of benzene rings is 1. The number of nitrogens with zero attached hydrogens (tertiary/aromatic N) is 3. The SMILES string of the molecule is CC(=O)c1ccc2c(c1)[n+]([O-])nc(NCCC(=O)O)[n+]2[O-]. The van der Waals surface area contributed by atoms with Crippen LogP contribution in [0, 0.1) is 10.4 Å². The molecule has 2 rings (SSSR count). The number of nitrogens with one attached hydrogen (secondary N) is 1. The van der Waals surface area contributed by atoms with Gasteiger partial charge in [-0.05, 0) is 19.1 Å². The molecule has 1 heterocycles. The lowest BCUT2D eigenvalue weighted by molar-refractivity contribution is -0.672. The summed E-state index contributed by atoms with van der Waals surface area (Å²) in [6, 6.07) is 4.06. The summed E-state index contributed by atoms with van der Waals surface area (Å²) in [5.41, 5.74) is 0.282. The van der Waals surface area contributed by atoms with Gasteiger partial charge < -0.3 is 15.5 Å². The average molecular weight is 292 g/mol. The molecule has 0 radical (unpaired) electrons. The van der Waals surface area contributed by atoms with Crippen LogP contribution in [0.4, 0.5) is 5.95 Å². The van der Waals surface area contributed by atoms with Gasteiger partial charge in [-0.1, -0.05) is 0 Å². The fourth-order valence-electron chi connectivity index (χ4n) is 1.75. The molecule has 0 bridgehead atoms. The molecule has 0 aliphatic carbocycles. The van der Waals surface area contributed by atoms with Gasteiger partial charge in [-0.25, -0.2) is 4.73 Å². The fraction of sp³-hybridized carbons (Fsp3) is 0.250. The summed E-state index contributed by atoms with van der Waals surface area (Å²) in [7, 11) is 0. The maximum absolute atomic E-state index is 12.0. The molecule has 21 heavy (non-hydrogen) atoms. The van der Waals surface area contributed by atoms with E-state index in [0.717, 1.165) is 0 Å². The summed E-state index contributed by atoms with van der Waals surface area (Å²) in [5.74, 6) is -1.57. The van der Waals surface area contributed by atoms with E-state index in [1.165, 1.54) is 25.1 Å². The first-order valence-corrected chi connectivity index (χ1v) is 6.04. The van der Waals surface area contributed by atoms with Crippen LogP contribution in [0.15, 0.2) is 18.2 Å². The van der Waals surface area contributed by atoms with Gasteiger partial charge in [-0.2, -0.15) is 0 Å². The van der Waals surface area contributed by atoms with Crippen LogP contribution >= 0.6 is 0 Å². The Labute approximate surface area is 118 Å². The number of rotatable bonds is 5. The Morgan fingerprint density at radius 3 is 2.67 bits per heavy atom. The number of carbonyl (C=O) groups is 2. The second kappa shape index (κ2) is 5.57. The number of ketones is 1. The zero-order valence-corrected chi connectivity index (χ0v) is 11.1.